The van der Waals surface area contributed by atoms with Gasteiger partial charge in [0.15, 0.2) is 0 Å². The van der Waals surface area contributed by atoms with Crippen LogP contribution in [0.4, 0.5) is 0 Å². The van der Waals surface area contributed by atoms with Gasteiger partial charge in [0.05, 0.1) is 17.3 Å². The largest absolute Gasteiger partial charge is 0.481 e. The van der Waals surface area contributed by atoms with E-state index in [1.807, 2.05) is 48.7 Å². The Hall–Kier alpha value is -2.89. The lowest BCUT2D eigenvalue weighted by Crippen LogP contribution is -2.21. The number of benzene rings is 1. The van der Waals surface area contributed by atoms with Crippen LogP contribution in [0.25, 0.3) is 16.5 Å². The Kier molecular flexibility index (Phi) is 4.20. The maximum Gasteiger partial charge on any atom is 0.303 e. The molecule has 0 aliphatic rings. The van der Waals surface area contributed by atoms with Crippen molar-refractivity contribution in [3.63, 3.8) is 0 Å². The van der Waals surface area contributed by atoms with E-state index in [-0.39, 0.29) is 12.0 Å². The van der Waals surface area contributed by atoms with E-state index >= 15 is 0 Å². The number of carboxylic acids is 1. The number of aliphatic carboxylic acids is 1. The molecule has 0 atom stereocenters. The van der Waals surface area contributed by atoms with Gasteiger partial charge >= 0.3 is 5.97 Å². The van der Waals surface area contributed by atoms with Gasteiger partial charge in [0, 0.05) is 29.7 Å². The van der Waals surface area contributed by atoms with Gasteiger partial charge in [-0.2, -0.15) is 9.78 Å². The molecule has 0 unspecified atom stereocenters. The Balaban J connectivity index is 2.10. The molecule has 0 aliphatic heterocycles. The quantitative estimate of drug-likeness (QED) is 0.782. The van der Waals surface area contributed by atoms with E-state index in [4.69, 9.17) is 5.11 Å². The first-order chi connectivity index (χ1) is 11.5. The summed E-state index contributed by atoms with van der Waals surface area (Å²) in [5.74, 6) is -0.810. The number of fused-ring (bicyclic) bond motifs is 1. The Morgan fingerprint density at radius 3 is 2.54 bits per heavy atom. The van der Waals surface area contributed by atoms with E-state index < -0.39 is 5.97 Å². The number of hydrogen-bond donors (Lipinski definition) is 1. The van der Waals surface area contributed by atoms with Crippen LogP contribution in [-0.2, 0) is 11.3 Å². The second-order valence-corrected chi connectivity index (χ2v) is 5.81. The molecule has 0 bridgehead atoms. The van der Waals surface area contributed by atoms with Crippen molar-refractivity contribution in [1.82, 2.24) is 14.3 Å². The molecule has 0 fully saturated rings. The van der Waals surface area contributed by atoms with Crippen LogP contribution in [0.1, 0.15) is 24.2 Å². The van der Waals surface area contributed by atoms with Gasteiger partial charge in [0.1, 0.15) is 0 Å². The van der Waals surface area contributed by atoms with Crippen molar-refractivity contribution in [1.29, 1.82) is 0 Å². The molecule has 1 aromatic carbocycles. The van der Waals surface area contributed by atoms with E-state index in [1.54, 1.807) is 6.20 Å². The summed E-state index contributed by atoms with van der Waals surface area (Å²) in [5.41, 5.74) is 2.36. The Morgan fingerprint density at radius 1 is 1.17 bits per heavy atom. The average Bonchev–Trinajstić information content (AvgIpc) is 2.81. The lowest BCUT2D eigenvalue weighted by molar-refractivity contribution is -0.137. The van der Waals surface area contributed by atoms with Crippen LogP contribution in [0.15, 0.2) is 41.3 Å². The van der Waals surface area contributed by atoms with Gasteiger partial charge < -0.3 is 9.67 Å². The van der Waals surface area contributed by atoms with E-state index in [0.717, 1.165) is 22.5 Å². The monoisotopic (exact) mass is 325 g/mol. The highest BCUT2D eigenvalue weighted by molar-refractivity contribution is 5.87. The zero-order valence-electron chi connectivity index (χ0n) is 13.7. The maximum absolute atomic E-state index is 12.9. The third kappa shape index (κ3) is 2.71. The molecule has 2 heterocycles. The number of aromatic nitrogens is 3. The van der Waals surface area contributed by atoms with Crippen molar-refractivity contribution in [3.05, 3.63) is 58.3 Å². The molecule has 2 aromatic heterocycles. The van der Waals surface area contributed by atoms with Crippen LogP contribution in [0.5, 0.6) is 0 Å². The van der Waals surface area contributed by atoms with Gasteiger partial charge in [-0.05, 0) is 32.4 Å². The smallest absolute Gasteiger partial charge is 0.303 e. The standard InChI is InChI=1S/C18H19N3O3/c1-12-15-11-19-21(14-7-4-3-5-8-14)18(24)17(15)13(2)20(12)10-6-9-16(22)23/h3-5,7-8,11H,6,9-10H2,1-2H3,(H,22,23). The Labute approximate surface area is 139 Å². The van der Waals surface area contributed by atoms with Crippen LogP contribution in [0.2, 0.25) is 0 Å². The predicted octanol–water partition coefficient (Wildman–Crippen LogP) is 2.67. The number of nitrogens with zero attached hydrogens (tertiary/aromatic N) is 3. The van der Waals surface area contributed by atoms with Gasteiger partial charge in [-0.1, -0.05) is 18.2 Å². The van der Waals surface area contributed by atoms with Gasteiger partial charge in [0.25, 0.3) is 5.56 Å². The summed E-state index contributed by atoms with van der Waals surface area (Å²) < 4.78 is 3.41. The second kappa shape index (κ2) is 6.31. The van der Waals surface area contributed by atoms with Gasteiger partial charge in [0.2, 0.25) is 0 Å². The molecule has 124 valence electrons. The molecule has 6 heteroatoms. The molecule has 24 heavy (non-hydrogen) atoms. The minimum atomic E-state index is -0.810. The summed E-state index contributed by atoms with van der Waals surface area (Å²) in [5, 5.41) is 14.6. The van der Waals surface area contributed by atoms with E-state index in [1.165, 1.54) is 4.68 Å². The summed E-state index contributed by atoms with van der Waals surface area (Å²) in [6, 6.07) is 9.30. The molecule has 1 N–H and O–H groups in total. The molecule has 0 saturated heterocycles. The number of para-hydroxylation sites is 1. The molecular formula is C18H19N3O3. The van der Waals surface area contributed by atoms with E-state index in [9.17, 15) is 9.59 Å². The summed E-state index contributed by atoms with van der Waals surface area (Å²) in [7, 11) is 0. The van der Waals surface area contributed by atoms with Crippen LogP contribution < -0.4 is 5.56 Å². The maximum atomic E-state index is 12.9. The van der Waals surface area contributed by atoms with Crippen LogP contribution >= 0.6 is 0 Å². The minimum Gasteiger partial charge on any atom is -0.481 e. The zero-order chi connectivity index (χ0) is 17.3. The molecule has 0 spiro atoms. The third-order valence-corrected chi connectivity index (χ3v) is 4.31. The van der Waals surface area contributed by atoms with Crippen LogP contribution in [-0.4, -0.2) is 25.4 Å². The Bertz CT molecular complexity index is 955. The molecule has 3 rings (SSSR count). The summed E-state index contributed by atoms with van der Waals surface area (Å²) in [4.78, 5) is 23.6. The highest BCUT2D eigenvalue weighted by Crippen LogP contribution is 2.23. The van der Waals surface area contributed by atoms with Crippen molar-refractivity contribution >= 4 is 16.7 Å². The summed E-state index contributed by atoms with van der Waals surface area (Å²) in [6.07, 6.45) is 2.35. The molecular weight excluding hydrogens is 306 g/mol. The number of rotatable bonds is 5. The summed E-state index contributed by atoms with van der Waals surface area (Å²) in [6.45, 7) is 4.40. The lowest BCUT2D eigenvalue weighted by Gasteiger charge is -2.07. The molecule has 0 amide bonds. The first kappa shape index (κ1) is 16.0. The fraction of sp³-hybridized carbons (Fsp3) is 0.278. The highest BCUT2D eigenvalue weighted by Gasteiger charge is 2.16. The highest BCUT2D eigenvalue weighted by atomic mass is 16.4. The van der Waals surface area contributed by atoms with Crippen LogP contribution in [0.3, 0.4) is 0 Å². The van der Waals surface area contributed by atoms with Gasteiger partial charge in [-0.3, -0.25) is 9.59 Å². The predicted molar refractivity (Wildman–Crippen MR) is 91.7 cm³/mol. The Morgan fingerprint density at radius 2 is 1.88 bits per heavy atom. The fourth-order valence-electron chi connectivity index (χ4n) is 3.09. The average molecular weight is 325 g/mol. The molecule has 3 aromatic rings. The van der Waals surface area contributed by atoms with Crippen molar-refractivity contribution in [2.45, 2.75) is 33.2 Å². The number of carboxylic acid groups (broad SMARTS) is 1. The zero-order valence-corrected chi connectivity index (χ0v) is 13.7. The number of hydrogen-bond acceptors (Lipinski definition) is 3. The third-order valence-electron chi connectivity index (χ3n) is 4.31. The van der Waals surface area contributed by atoms with Crippen molar-refractivity contribution in [3.8, 4) is 5.69 Å². The molecule has 6 nitrogen and oxygen atoms in total. The van der Waals surface area contributed by atoms with Gasteiger partial charge in [-0.15, -0.1) is 0 Å². The van der Waals surface area contributed by atoms with E-state index in [2.05, 4.69) is 5.10 Å². The van der Waals surface area contributed by atoms with Crippen molar-refractivity contribution < 1.29 is 9.90 Å². The lowest BCUT2D eigenvalue weighted by atomic mass is 10.2. The minimum absolute atomic E-state index is 0.111. The first-order valence-electron chi connectivity index (χ1n) is 7.85. The van der Waals surface area contributed by atoms with Crippen molar-refractivity contribution in [2.24, 2.45) is 0 Å². The van der Waals surface area contributed by atoms with Gasteiger partial charge in [-0.25, -0.2) is 0 Å². The van der Waals surface area contributed by atoms with E-state index in [0.29, 0.717) is 18.4 Å². The first-order valence-corrected chi connectivity index (χ1v) is 7.85. The topological polar surface area (TPSA) is 77.1 Å². The summed E-state index contributed by atoms with van der Waals surface area (Å²) >= 11 is 0. The molecule has 0 saturated carbocycles. The molecule has 0 radical (unpaired) electrons. The SMILES string of the molecule is Cc1c2cnn(-c3ccccc3)c(=O)c2c(C)n1CCCC(=O)O. The fourth-order valence-corrected chi connectivity index (χ4v) is 3.09. The normalized spacial score (nSPS) is 11.1. The second-order valence-electron chi connectivity index (χ2n) is 5.81. The van der Waals surface area contributed by atoms with Crippen LogP contribution in [0, 0.1) is 13.8 Å². The van der Waals surface area contributed by atoms with Crippen molar-refractivity contribution in [2.75, 3.05) is 0 Å². The number of carbonyl (C=O) groups is 1. The molecule has 0 aliphatic carbocycles. The number of aryl methyl sites for hydroxylation is 2.